The van der Waals surface area contributed by atoms with E-state index in [1.54, 1.807) is 0 Å². The van der Waals surface area contributed by atoms with E-state index in [1.807, 2.05) is 62.7 Å². The zero-order valence-electron chi connectivity index (χ0n) is 28.4. The number of rotatable bonds is 8. The Bertz CT molecular complexity index is 1380. The Morgan fingerprint density at radius 2 is 0.778 bits per heavy atom. The van der Waals surface area contributed by atoms with Gasteiger partial charge in [0.25, 0.3) is 0 Å². The molecule has 45 heavy (non-hydrogen) atoms. The molecule has 0 radical (unpaired) electrons. The van der Waals surface area contributed by atoms with Gasteiger partial charge in [-0.3, -0.25) is 20.0 Å². The number of benzene rings is 2. The fourth-order valence-corrected chi connectivity index (χ4v) is 4.86. The van der Waals surface area contributed by atoms with Crippen LogP contribution in [0.25, 0.3) is 0 Å². The molecule has 2 aromatic carbocycles. The Balaban J connectivity index is 0.000000288. The molecule has 0 fully saturated rings. The van der Waals surface area contributed by atoms with Gasteiger partial charge < -0.3 is 0 Å². The molecule has 239 valence electrons. The normalized spacial score (nSPS) is 11.3. The molecule has 0 saturated heterocycles. The first kappa shape index (κ1) is 38.4. The second-order valence-corrected chi connectivity index (χ2v) is 14.5. The first-order valence-corrected chi connectivity index (χ1v) is 19.4. The predicted octanol–water partition coefficient (Wildman–Crippen LogP) is 12.2. The number of aryl methyl sites for hydroxylation is 2. The summed E-state index contributed by atoms with van der Waals surface area (Å²) < 4.78 is 0. The Morgan fingerprint density at radius 1 is 0.511 bits per heavy atom. The van der Waals surface area contributed by atoms with Crippen LogP contribution >= 0.6 is 19.7 Å². The van der Waals surface area contributed by atoms with E-state index in [2.05, 4.69) is 102 Å². The molecule has 0 aliphatic rings. The van der Waals surface area contributed by atoms with Gasteiger partial charge in [-0.1, -0.05) is 104 Å². The third-order valence-corrected chi connectivity index (χ3v) is 7.16. The minimum absolute atomic E-state index is 0.368. The molecule has 2 heterocycles. The first-order chi connectivity index (χ1) is 21.4. The van der Waals surface area contributed by atoms with Crippen molar-refractivity contribution in [1.82, 2.24) is 9.97 Å². The van der Waals surface area contributed by atoms with Crippen LogP contribution < -0.4 is 0 Å². The van der Waals surface area contributed by atoms with Gasteiger partial charge in [0.05, 0.1) is 35.2 Å². The van der Waals surface area contributed by atoms with Crippen molar-refractivity contribution in [3.05, 3.63) is 118 Å². The molecule has 0 unspecified atom stereocenters. The molecule has 0 spiro atoms. The summed E-state index contributed by atoms with van der Waals surface area (Å²) in [5, 5.41) is 0. The second kappa shape index (κ2) is 19.7. The van der Waals surface area contributed by atoms with Crippen LogP contribution in [0.4, 0.5) is 11.4 Å². The van der Waals surface area contributed by atoms with Gasteiger partial charge in [-0.2, -0.15) is 0 Å². The van der Waals surface area contributed by atoms with Crippen molar-refractivity contribution in [1.29, 1.82) is 0 Å². The van der Waals surface area contributed by atoms with Crippen molar-refractivity contribution in [3.8, 4) is 0 Å². The Labute approximate surface area is 287 Å². The summed E-state index contributed by atoms with van der Waals surface area (Å²) in [5.74, 6) is 1.84. The van der Waals surface area contributed by atoms with Crippen LogP contribution in [-0.2, 0) is 14.4 Å². The molecule has 4 nitrogen and oxygen atoms in total. The van der Waals surface area contributed by atoms with E-state index in [9.17, 15) is 0 Å². The average Bonchev–Trinajstić information content (AvgIpc) is 2.99. The summed E-state index contributed by atoms with van der Waals surface area (Å²) in [4.78, 5) is 18.5. The van der Waals surface area contributed by atoms with Gasteiger partial charge in [0.2, 0.25) is 0 Å². The topological polar surface area (TPSA) is 50.5 Å². The van der Waals surface area contributed by atoms with Crippen molar-refractivity contribution >= 4 is 43.5 Å². The van der Waals surface area contributed by atoms with E-state index in [0.717, 1.165) is 34.2 Å². The van der Waals surface area contributed by atoms with Gasteiger partial charge in [-0.05, 0) is 84.0 Å². The minimum atomic E-state index is -0.368. The van der Waals surface area contributed by atoms with Gasteiger partial charge in [0.1, 0.15) is 0 Å². The van der Waals surface area contributed by atoms with Gasteiger partial charge in [-0.15, -0.1) is 0 Å². The third kappa shape index (κ3) is 12.5. The number of hydrogen-bond donors (Lipinski definition) is 0. The summed E-state index contributed by atoms with van der Waals surface area (Å²) in [6.07, 6.45) is 3.75. The number of aromatic nitrogens is 2. The van der Waals surface area contributed by atoms with Crippen molar-refractivity contribution in [2.24, 2.45) is 9.98 Å². The van der Waals surface area contributed by atoms with E-state index in [-0.39, 0.29) is 14.4 Å². The van der Waals surface area contributed by atoms with Crippen LogP contribution in [0, 0.1) is 13.8 Å². The monoisotopic (exact) mass is 681 g/mol. The molecule has 2 aromatic heterocycles. The van der Waals surface area contributed by atoms with Gasteiger partial charge in [0, 0.05) is 11.4 Å². The summed E-state index contributed by atoms with van der Waals surface area (Å²) in [7, 11) is 9.72. The molecule has 7 heteroatoms. The number of nitrogens with zero attached hydrogens (tertiary/aromatic N) is 4. The zero-order valence-corrected chi connectivity index (χ0v) is 31.3. The SMILES string of the molecule is Cc1cccc(C=Nc2c(C(C)C)cccc2C(C)C)n1.Cc1cccc(C=Nc2c(C(C)C)cccc2C(C)C)n1.[Cl][V][Cl]. The van der Waals surface area contributed by atoms with Gasteiger partial charge in [-0.25, -0.2) is 0 Å². The standard InChI is InChI=1S/2C19H24N2.2ClH.V/c2*1-13(2)17-10-7-11-18(14(3)4)19(17)20-12-16-9-6-8-15(5)21-16;;;/h2*6-14H,1-5H3;2*1H;/q;;;;+2/p-2. The number of pyridine rings is 2. The number of hydrogen-bond acceptors (Lipinski definition) is 4. The number of aliphatic imine (C=N–C) groups is 2. The molecule has 0 atom stereocenters. The summed E-state index contributed by atoms with van der Waals surface area (Å²) in [5.41, 5.74) is 11.2. The number of para-hydroxylation sites is 2. The molecule has 4 aromatic rings. The van der Waals surface area contributed by atoms with E-state index < -0.39 is 0 Å². The fourth-order valence-electron chi connectivity index (χ4n) is 4.86. The summed E-state index contributed by atoms with van der Waals surface area (Å²) >= 11 is -0.368. The molecule has 0 saturated carbocycles. The molecular formula is C38H48Cl2N4V. The maximum atomic E-state index is 4.86. The molecule has 0 bridgehead atoms. The van der Waals surface area contributed by atoms with E-state index in [0.29, 0.717) is 23.7 Å². The molecule has 0 aliphatic heterocycles. The van der Waals surface area contributed by atoms with Gasteiger partial charge >= 0.3 is 34.1 Å². The maximum absolute atomic E-state index is 4.86. The van der Waals surface area contributed by atoms with Crippen LogP contribution in [0.15, 0.2) is 82.8 Å². The molecule has 0 N–H and O–H groups in total. The fraction of sp³-hybridized carbons (Fsp3) is 0.368. The summed E-state index contributed by atoms with van der Waals surface area (Å²) in [6.45, 7) is 21.7. The van der Waals surface area contributed by atoms with Crippen LogP contribution in [0.2, 0.25) is 0 Å². The zero-order chi connectivity index (χ0) is 33.5. The molecular weight excluding hydrogens is 634 g/mol. The van der Waals surface area contributed by atoms with Crippen molar-refractivity contribution < 1.29 is 14.4 Å². The van der Waals surface area contributed by atoms with Crippen LogP contribution in [-0.4, -0.2) is 22.4 Å². The van der Waals surface area contributed by atoms with E-state index in [4.69, 9.17) is 29.7 Å². The van der Waals surface area contributed by atoms with Crippen molar-refractivity contribution in [2.75, 3.05) is 0 Å². The van der Waals surface area contributed by atoms with Crippen LogP contribution in [0.1, 0.15) is 124 Å². The summed E-state index contributed by atoms with van der Waals surface area (Å²) in [6, 6.07) is 25.0. The van der Waals surface area contributed by atoms with E-state index >= 15 is 0 Å². The van der Waals surface area contributed by atoms with Gasteiger partial charge in [0.15, 0.2) is 0 Å². The van der Waals surface area contributed by atoms with Crippen LogP contribution in [0.5, 0.6) is 0 Å². The Hall–Kier alpha value is -2.76. The first-order valence-electron chi connectivity index (χ1n) is 15.5. The second-order valence-electron chi connectivity index (χ2n) is 12.2. The average molecular weight is 683 g/mol. The van der Waals surface area contributed by atoms with Crippen molar-refractivity contribution in [3.63, 3.8) is 0 Å². The Morgan fingerprint density at radius 3 is 1.02 bits per heavy atom. The predicted molar refractivity (Wildman–Crippen MR) is 193 cm³/mol. The molecule has 0 amide bonds. The quantitative estimate of drug-likeness (QED) is 0.174. The molecule has 0 aliphatic carbocycles. The van der Waals surface area contributed by atoms with Crippen LogP contribution in [0.3, 0.4) is 0 Å². The number of halogens is 2. The van der Waals surface area contributed by atoms with E-state index in [1.165, 1.54) is 22.3 Å². The van der Waals surface area contributed by atoms with Crippen molar-refractivity contribution in [2.45, 2.75) is 92.9 Å². The molecule has 4 rings (SSSR count). The Kier molecular flexibility index (Phi) is 16.8. The third-order valence-electron chi connectivity index (χ3n) is 7.16.